The van der Waals surface area contributed by atoms with Gasteiger partial charge in [0.1, 0.15) is 0 Å². The molecule has 0 N–H and O–H groups in total. The van der Waals surface area contributed by atoms with Gasteiger partial charge in [-0.1, -0.05) is 0 Å². The molecule has 2 aromatic heterocycles. The van der Waals surface area contributed by atoms with Crippen LogP contribution in [0.1, 0.15) is 14.5 Å². The van der Waals surface area contributed by atoms with Gasteiger partial charge in [0.25, 0.3) is 0 Å². The average Bonchev–Trinajstić information content (AvgIpc) is 2.73. The third kappa shape index (κ3) is 1.86. The Labute approximate surface area is 106 Å². The van der Waals surface area contributed by atoms with Crippen LogP contribution in [0.25, 0.3) is 0 Å². The highest BCUT2D eigenvalue weighted by atomic mass is 79.9. The summed E-state index contributed by atoms with van der Waals surface area (Å²) in [5.74, 6) is 0.0775. The maximum atomic E-state index is 12.0. The molecule has 0 aliphatic carbocycles. The number of thiophene rings is 2. The van der Waals surface area contributed by atoms with E-state index in [1.165, 1.54) is 22.7 Å². The number of hydrogen-bond donors (Lipinski definition) is 0. The molecule has 2 heterocycles. The molecule has 0 aromatic carbocycles. The van der Waals surface area contributed by atoms with Gasteiger partial charge < -0.3 is 0 Å². The molecule has 0 saturated carbocycles. The van der Waals surface area contributed by atoms with Crippen LogP contribution in [0.3, 0.4) is 0 Å². The summed E-state index contributed by atoms with van der Waals surface area (Å²) in [6.45, 7) is 0. The minimum Gasteiger partial charge on any atom is -0.287 e. The van der Waals surface area contributed by atoms with Gasteiger partial charge in [-0.2, -0.15) is 0 Å². The van der Waals surface area contributed by atoms with E-state index in [-0.39, 0.29) is 5.78 Å². The molecule has 5 heteroatoms. The second-order valence-corrected chi connectivity index (χ2v) is 6.07. The van der Waals surface area contributed by atoms with E-state index in [1.54, 1.807) is 0 Å². The van der Waals surface area contributed by atoms with Gasteiger partial charge in [-0.25, -0.2) is 0 Å². The number of halogens is 2. The van der Waals surface area contributed by atoms with E-state index in [2.05, 4.69) is 31.9 Å². The smallest absolute Gasteiger partial charge is 0.215 e. The number of rotatable bonds is 2. The molecular formula is C9H4Br2OS2. The minimum absolute atomic E-state index is 0.0775. The van der Waals surface area contributed by atoms with Crippen molar-refractivity contribution in [2.24, 2.45) is 0 Å². The first kappa shape index (κ1) is 10.5. The summed E-state index contributed by atoms with van der Waals surface area (Å²) in [4.78, 5) is 13.5. The summed E-state index contributed by atoms with van der Waals surface area (Å²) < 4.78 is 1.74. The zero-order valence-electron chi connectivity index (χ0n) is 6.79. The summed E-state index contributed by atoms with van der Waals surface area (Å²) >= 11 is 9.62. The Morgan fingerprint density at radius 2 is 1.43 bits per heavy atom. The average molecular weight is 352 g/mol. The van der Waals surface area contributed by atoms with Crippen molar-refractivity contribution >= 4 is 60.3 Å². The van der Waals surface area contributed by atoms with Crippen LogP contribution >= 0.6 is 54.5 Å². The highest BCUT2D eigenvalue weighted by Gasteiger charge is 2.17. The number of carbonyl (C=O) groups is 1. The van der Waals surface area contributed by atoms with Gasteiger partial charge in [0, 0.05) is 8.95 Å². The fraction of sp³-hybridized carbons (Fsp3) is 0. The fourth-order valence-electron chi connectivity index (χ4n) is 1.01. The van der Waals surface area contributed by atoms with Gasteiger partial charge in [0.2, 0.25) is 5.78 Å². The van der Waals surface area contributed by atoms with Crippen molar-refractivity contribution in [2.75, 3.05) is 0 Å². The molecule has 0 saturated heterocycles. The van der Waals surface area contributed by atoms with Crippen molar-refractivity contribution in [3.63, 3.8) is 0 Å². The summed E-state index contributed by atoms with van der Waals surface area (Å²) in [7, 11) is 0. The standard InChI is InChI=1S/C9H4Br2OS2/c10-5-1-3-13-8(5)7(12)9-6(11)2-4-14-9/h1-4H. The first-order chi connectivity index (χ1) is 6.70. The molecule has 0 spiro atoms. The topological polar surface area (TPSA) is 17.1 Å². The predicted molar refractivity (Wildman–Crippen MR) is 67.5 cm³/mol. The largest absolute Gasteiger partial charge is 0.287 e. The molecule has 0 atom stereocenters. The van der Waals surface area contributed by atoms with E-state index in [0.717, 1.165) is 18.7 Å². The molecule has 0 aliphatic rings. The van der Waals surface area contributed by atoms with Crippen molar-refractivity contribution in [2.45, 2.75) is 0 Å². The summed E-state index contributed by atoms with van der Waals surface area (Å²) in [6.07, 6.45) is 0. The van der Waals surface area contributed by atoms with Crippen molar-refractivity contribution in [1.29, 1.82) is 0 Å². The minimum atomic E-state index is 0.0775. The van der Waals surface area contributed by atoms with Crippen LogP contribution in [0.2, 0.25) is 0 Å². The van der Waals surface area contributed by atoms with Gasteiger partial charge in [0.15, 0.2) is 0 Å². The van der Waals surface area contributed by atoms with Gasteiger partial charge in [-0.15, -0.1) is 22.7 Å². The van der Waals surface area contributed by atoms with Gasteiger partial charge in [-0.3, -0.25) is 4.79 Å². The van der Waals surface area contributed by atoms with Crippen LogP contribution in [0.15, 0.2) is 31.8 Å². The molecule has 0 aliphatic heterocycles. The third-order valence-corrected chi connectivity index (χ3v) is 5.32. The normalized spacial score (nSPS) is 10.4. The molecular weight excluding hydrogens is 348 g/mol. The second kappa shape index (κ2) is 4.26. The van der Waals surface area contributed by atoms with E-state index in [9.17, 15) is 4.79 Å². The molecule has 0 unspecified atom stereocenters. The molecule has 2 aromatic rings. The van der Waals surface area contributed by atoms with Crippen molar-refractivity contribution < 1.29 is 4.79 Å². The van der Waals surface area contributed by atoms with Crippen LogP contribution in [0.4, 0.5) is 0 Å². The summed E-state index contributed by atoms with van der Waals surface area (Å²) in [5, 5.41) is 3.80. The lowest BCUT2D eigenvalue weighted by Gasteiger charge is -1.95. The SMILES string of the molecule is O=C(c1sccc1Br)c1sccc1Br. The molecule has 0 fully saturated rings. The number of carbonyl (C=O) groups excluding carboxylic acids is 1. The van der Waals surface area contributed by atoms with Crippen LogP contribution in [0.5, 0.6) is 0 Å². The Morgan fingerprint density at radius 3 is 1.71 bits per heavy atom. The van der Waals surface area contributed by atoms with E-state index in [4.69, 9.17) is 0 Å². The van der Waals surface area contributed by atoms with Gasteiger partial charge in [0.05, 0.1) is 9.75 Å². The Bertz CT molecular complexity index is 430. The lowest BCUT2D eigenvalue weighted by Crippen LogP contribution is -1.96. The summed E-state index contributed by atoms with van der Waals surface area (Å²) in [6, 6.07) is 3.78. The second-order valence-electron chi connectivity index (χ2n) is 2.52. The zero-order chi connectivity index (χ0) is 10.1. The summed E-state index contributed by atoms with van der Waals surface area (Å²) in [5.41, 5.74) is 0. The molecule has 72 valence electrons. The third-order valence-electron chi connectivity index (χ3n) is 1.65. The lowest BCUT2D eigenvalue weighted by molar-refractivity contribution is 0.104. The van der Waals surface area contributed by atoms with Crippen molar-refractivity contribution in [3.8, 4) is 0 Å². The highest BCUT2D eigenvalue weighted by Crippen LogP contribution is 2.30. The zero-order valence-corrected chi connectivity index (χ0v) is 11.6. The Balaban J connectivity index is 2.44. The van der Waals surface area contributed by atoms with E-state index in [0.29, 0.717) is 0 Å². The molecule has 0 amide bonds. The van der Waals surface area contributed by atoms with E-state index in [1.807, 2.05) is 22.9 Å². The quantitative estimate of drug-likeness (QED) is 0.724. The first-order valence-corrected chi connectivity index (χ1v) is 7.05. The predicted octanol–water partition coefficient (Wildman–Crippen LogP) is 4.57. The Hall–Kier alpha value is 0.0300. The Kier molecular flexibility index (Phi) is 3.21. The maximum Gasteiger partial charge on any atom is 0.215 e. The number of hydrogen-bond acceptors (Lipinski definition) is 3. The van der Waals surface area contributed by atoms with Crippen molar-refractivity contribution in [3.05, 3.63) is 41.6 Å². The highest BCUT2D eigenvalue weighted by molar-refractivity contribution is 9.11. The number of ketones is 1. The van der Waals surface area contributed by atoms with Crippen LogP contribution in [-0.4, -0.2) is 5.78 Å². The Morgan fingerprint density at radius 1 is 1.00 bits per heavy atom. The molecule has 14 heavy (non-hydrogen) atoms. The molecule has 0 radical (unpaired) electrons. The molecule has 2 rings (SSSR count). The van der Waals surface area contributed by atoms with Crippen LogP contribution in [-0.2, 0) is 0 Å². The van der Waals surface area contributed by atoms with E-state index >= 15 is 0 Å². The van der Waals surface area contributed by atoms with Gasteiger partial charge >= 0.3 is 0 Å². The van der Waals surface area contributed by atoms with Crippen LogP contribution in [0, 0.1) is 0 Å². The maximum absolute atomic E-state index is 12.0. The lowest BCUT2D eigenvalue weighted by atomic mass is 10.3. The molecule has 1 nitrogen and oxygen atoms in total. The van der Waals surface area contributed by atoms with E-state index < -0.39 is 0 Å². The fourth-order valence-corrected chi connectivity index (χ4v) is 4.07. The monoisotopic (exact) mass is 350 g/mol. The van der Waals surface area contributed by atoms with Gasteiger partial charge in [-0.05, 0) is 54.8 Å². The van der Waals surface area contributed by atoms with Crippen molar-refractivity contribution in [1.82, 2.24) is 0 Å². The molecule has 0 bridgehead atoms. The van der Waals surface area contributed by atoms with Crippen LogP contribution < -0.4 is 0 Å². The first-order valence-electron chi connectivity index (χ1n) is 3.71.